The normalized spacial score (nSPS) is 10.0. The minimum atomic E-state index is 1.06. The molecule has 3 heteroatoms. The van der Waals surface area contributed by atoms with Crippen molar-refractivity contribution < 1.29 is 0 Å². The highest BCUT2D eigenvalue weighted by molar-refractivity contribution is 7.80. The quantitative estimate of drug-likeness (QED) is 0.138. The van der Waals surface area contributed by atoms with Gasteiger partial charge in [0, 0.05) is 0 Å². The van der Waals surface area contributed by atoms with Crippen molar-refractivity contribution >= 4 is 37.9 Å². The molecule has 0 bridgehead atoms. The van der Waals surface area contributed by atoms with Crippen LogP contribution in [0.3, 0.4) is 0 Å². The SMILES string of the molecule is CCCCCCCCCCCS.CCCCCCCS.CCCCCCS. The van der Waals surface area contributed by atoms with Crippen LogP contribution in [-0.4, -0.2) is 17.3 Å². The van der Waals surface area contributed by atoms with Crippen LogP contribution in [0.25, 0.3) is 0 Å². The van der Waals surface area contributed by atoms with Gasteiger partial charge in [0.2, 0.25) is 0 Å². The number of hydrogen-bond donors (Lipinski definition) is 3. The summed E-state index contributed by atoms with van der Waals surface area (Å²) >= 11 is 12.4. The van der Waals surface area contributed by atoms with Crippen molar-refractivity contribution in [1.29, 1.82) is 0 Å². The highest BCUT2D eigenvalue weighted by Gasteiger charge is 1.90. The summed E-state index contributed by atoms with van der Waals surface area (Å²) in [7, 11) is 0. The predicted molar refractivity (Wildman–Crippen MR) is 142 cm³/mol. The summed E-state index contributed by atoms with van der Waals surface area (Å²) in [5.74, 6) is 3.18. The molecular weight excluding hydrogens is 384 g/mol. The molecule has 168 valence electrons. The van der Waals surface area contributed by atoms with Gasteiger partial charge in [-0.25, -0.2) is 0 Å². The molecule has 0 aliphatic carbocycles. The fourth-order valence-electron chi connectivity index (χ4n) is 2.68. The Bertz CT molecular complexity index is 178. The third kappa shape index (κ3) is 46.8. The largest absolute Gasteiger partial charge is 0.179 e. The minimum Gasteiger partial charge on any atom is -0.179 e. The first-order valence-corrected chi connectivity index (χ1v) is 14.0. The molecule has 0 radical (unpaired) electrons. The molecule has 0 rings (SSSR count). The van der Waals surface area contributed by atoms with Gasteiger partial charge in [0.25, 0.3) is 0 Å². The fourth-order valence-corrected chi connectivity index (χ4v) is 3.35. The molecule has 0 amide bonds. The second kappa shape index (κ2) is 37.8. The Hall–Kier alpha value is 1.05. The van der Waals surface area contributed by atoms with E-state index in [2.05, 4.69) is 58.7 Å². The lowest BCUT2D eigenvalue weighted by atomic mass is 10.1. The number of rotatable bonds is 18. The molecule has 0 aromatic heterocycles. The van der Waals surface area contributed by atoms with Crippen LogP contribution in [0.4, 0.5) is 0 Å². The topological polar surface area (TPSA) is 0 Å². The molecule has 0 aliphatic rings. The van der Waals surface area contributed by atoms with Crippen LogP contribution < -0.4 is 0 Å². The molecule has 0 saturated heterocycles. The predicted octanol–water partition coefficient (Wildman–Crippen LogP) is 9.83. The molecule has 27 heavy (non-hydrogen) atoms. The van der Waals surface area contributed by atoms with Crippen molar-refractivity contribution in [2.24, 2.45) is 0 Å². The van der Waals surface area contributed by atoms with Crippen molar-refractivity contribution in [2.45, 2.75) is 136 Å². The molecule has 0 atom stereocenters. The Morgan fingerprint density at radius 2 is 0.481 bits per heavy atom. The first kappa shape index (κ1) is 32.7. The van der Waals surface area contributed by atoms with Crippen molar-refractivity contribution in [1.82, 2.24) is 0 Å². The highest BCUT2D eigenvalue weighted by Crippen LogP contribution is 2.09. The average Bonchev–Trinajstić information content (AvgIpc) is 2.69. The molecule has 0 unspecified atom stereocenters. The summed E-state index contributed by atoms with van der Waals surface area (Å²) in [6.07, 6.45) is 24.9. The third-order valence-corrected chi connectivity index (χ3v) is 5.48. The second-order valence-electron chi connectivity index (χ2n) is 7.47. The van der Waals surface area contributed by atoms with Gasteiger partial charge in [-0.15, -0.1) is 0 Å². The molecule has 0 spiro atoms. The molecule has 0 aromatic carbocycles. The number of hydrogen-bond acceptors (Lipinski definition) is 3. The summed E-state index contributed by atoms with van der Waals surface area (Å²) in [5.41, 5.74) is 0. The molecular formula is C24H54S3. The maximum absolute atomic E-state index is 4.19. The molecule has 0 nitrogen and oxygen atoms in total. The first-order chi connectivity index (χ1) is 13.2. The molecule has 0 heterocycles. The molecule has 0 aliphatic heterocycles. The smallest absolute Gasteiger partial charge is 0.00979 e. The third-order valence-electron chi connectivity index (χ3n) is 4.54. The van der Waals surface area contributed by atoms with Crippen LogP contribution in [0.1, 0.15) is 136 Å². The van der Waals surface area contributed by atoms with Crippen LogP contribution in [0, 0.1) is 0 Å². The van der Waals surface area contributed by atoms with E-state index >= 15 is 0 Å². The van der Waals surface area contributed by atoms with Crippen molar-refractivity contribution in [2.75, 3.05) is 17.3 Å². The van der Waals surface area contributed by atoms with Gasteiger partial charge in [-0.1, -0.05) is 117 Å². The molecule has 0 fully saturated rings. The maximum atomic E-state index is 4.19. The first-order valence-electron chi connectivity index (χ1n) is 12.1. The summed E-state index contributed by atoms with van der Waals surface area (Å²) in [4.78, 5) is 0. The Morgan fingerprint density at radius 1 is 0.296 bits per heavy atom. The van der Waals surface area contributed by atoms with Gasteiger partial charge >= 0.3 is 0 Å². The summed E-state index contributed by atoms with van der Waals surface area (Å²) in [6.45, 7) is 6.73. The van der Waals surface area contributed by atoms with Gasteiger partial charge < -0.3 is 0 Å². The van der Waals surface area contributed by atoms with Crippen molar-refractivity contribution in [3.8, 4) is 0 Å². The molecule has 0 saturated carbocycles. The van der Waals surface area contributed by atoms with Crippen LogP contribution >= 0.6 is 37.9 Å². The highest BCUT2D eigenvalue weighted by atomic mass is 32.1. The Labute approximate surface area is 191 Å². The lowest BCUT2D eigenvalue weighted by Gasteiger charge is -1.99. The lowest BCUT2D eigenvalue weighted by molar-refractivity contribution is 0.573. The van der Waals surface area contributed by atoms with E-state index in [9.17, 15) is 0 Å². The van der Waals surface area contributed by atoms with Gasteiger partial charge in [0.1, 0.15) is 0 Å². The van der Waals surface area contributed by atoms with E-state index in [4.69, 9.17) is 0 Å². The second-order valence-corrected chi connectivity index (χ2v) is 8.82. The lowest BCUT2D eigenvalue weighted by Crippen LogP contribution is -1.81. The van der Waals surface area contributed by atoms with Crippen LogP contribution in [-0.2, 0) is 0 Å². The van der Waals surface area contributed by atoms with Crippen LogP contribution in [0.2, 0.25) is 0 Å². The summed E-state index contributed by atoms with van der Waals surface area (Å²) in [6, 6.07) is 0. The number of thiol groups is 3. The Kier molecular flexibility index (Phi) is 45.7. The monoisotopic (exact) mass is 438 g/mol. The van der Waals surface area contributed by atoms with Crippen molar-refractivity contribution in [3.63, 3.8) is 0 Å². The molecule has 0 N–H and O–H groups in total. The standard InChI is InChI=1S/C11H24S.C7H16S.C6H14S/c1-2-3-4-5-6-7-8-9-10-11-12;1-2-3-4-5-6-7-8;1-2-3-4-5-6-7/h12H,2-11H2,1H3;8H,2-7H2,1H3;7H,2-6H2,1H3. The zero-order valence-corrected chi connectivity index (χ0v) is 21.9. The van der Waals surface area contributed by atoms with Gasteiger partial charge in [-0.2, -0.15) is 37.9 Å². The van der Waals surface area contributed by atoms with E-state index in [-0.39, 0.29) is 0 Å². The van der Waals surface area contributed by atoms with E-state index in [0.29, 0.717) is 0 Å². The summed E-state index contributed by atoms with van der Waals surface area (Å²) in [5, 5.41) is 0. The Balaban J connectivity index is -0.000000336. The van der Waals surface area contributed by atoms with E-state index in [1.54, 1.807) is 0 Å². The van der Waals surface area contributed by atoms with E-state index < -0.39 is 0 Å². The van der Waals surface area contributed by atoms with Crippen LogP contribution in [0.15, 0.2) is 0 Å². The average molecular weight is 439 g/mol. The van der Waals surface area contributed by atoms with Crippen LogP contribution in [0.5, 0.6) is 0 Å². The summed E-state index contributed by atoms with van der Waals surface area (Å²) < 4.78 is 0. The van der Waals surface area contributed by atoms with Gasteiger partial charge in [-0.05, 0) is 36.5 Å². The van der Waals surface area contributed by atoms with E-state index in [1.807, 2.05) is 0 Å². The zero-order chi connectivity index (χ0) is 20.8. The van der Waals surface area contributed by atoms with Gasteiger partial charge in [0.15, 0.2) is 0 Å². The minimum absolute atomic E-state index is 1.06. The van der Waals surface area contributed by atoms with E-state index in [1.165, 1.54) is 116 Å². The number of unbranched alkanes of at least 4 members (excludes halogenated alkanes) is 15. The van der Waals surface area contributed by atoms with Crippen molar-refractivity contribution in [3.05, 3.63) is 0 Å². The van der Waals surface area contributed by atoms with E-state index in [0.717, 1.165) is 17.3 Å². The maximum Gasteiger partial charge on any atom is -0.00979 e. The fraction of sp³-hybridized carbons (Fsp3) is 1.00. The Morgan fingerprint density at radius 3 is 0.704 bits per heavy atom. The van der Waals surface area contributed by atoms with Gasteiger partial charge in [0.05, 0.1) is 0 Å². The van der Waals surface area contributed by atoms with Gasteiger partial charge in [-0.3, -0.25) is 0 Å². The zero-order valence-electron chi connectivity index (χ0n) is 19.2. The molecule has 0 aromatic rings.